The number of anilines is 1. The molecule has 4 nitrogen and oxygen atoms in total. The summed E-state index contributed by atoms with van der Waals surface area (Å²) in [4.78, 5) is 16.4. The summed E-state index contributed by atoms with van der Waals surface area (Å²) in [7, 11) is 0. The number of nitrogens with one attached hydrogen (secondary N) is 2. The molecule has 2 rings (SSSR count). The van der Waals surface area contributed by atoms with E-state index in [2.05, 4.69) is 36.4 Å². The van der Waals surface area contributed by atoms with Crippen LogP contribution in [-0.2, 0) is 0 Å². The van der Waals surface area contributed by atoms with Crippen molar-refractivity contribution in [1.29, 1.82) is 0 Å². The van der Waals surface area contributed by atoms with Gasteiger partial charge in [-0.1, -0.05) is 32.4 Å². The molecule has 0 saturated heterocycles. The lowest BCUT2D eigenvalue weighted by Crippen LogP contribution is -2.32. The average Bonchev–Trinajstić information content (AvgIpc) is 3.24. The number of halogens is 1. The van der Waals surface area contributed by atoms with Crippen LogP contribution in [0.2, 0.25) is 5.02 Å². The Morgan fingerprint density at radius 3 is 2.71 bits per heavy atom. The zero-order valence-corrected chi connectivity index (χ0v) is 13.8. The normalized spacial score (nSPS) is 15.9. The summed E-state index contributed by atoms with van der Waals surface area (Å²) in [5, 5.41) is 6.64. The molecule has 0 spiro atoms. The molecule has 1 aliphatic carbocycles. The fourth-order valence-electron chi connectivity index (χ4n) is 2.41. The highest BCUT2D eigenvalue weighted by atomic mass is 35.5. The van der Waals surface area contributed by atoms with E-state index in [0.717, 1.165) is 19.5 Å². The maximum atomic E-state index is 12.2. The summed E-state index contributed by atoms with van der Waals surface area (Å²) >= 11 is 6.16. The summed E-state index contributed by atoms with van der Waals surface area (Å²) in [5.41, 5.74) is 0.816. The molecule has 21 heavy (non-hydrogen) atoms. The first-order valence-electron chi connectivity index (χ1n) is 7.66. The van der Waals surface area contributed by atoms with E-state index in [-0.39, 0.29) is 5.91 Å². The Kier molecular flexibility index (Phi) is 5.09. The number of pyridine rings is 1. The molecule has 0 unspecified atom stereocenters. The summed E-state index contributed by atoms with van der Waals surface area (Å²) in [6.07, 6.45) is 4.97. The van der Waals surface area contributed by atoms with Gasteiger partial charge in [0.15, 0.2) is 0 Å². The maximum Gasteiger partial charge on any atom is 0.252 e. The van der Waals surface area contributed by atoms with Crippen LogP contribution < -0.4 is 10.6 Å². The first kappa shape index (κ1) is 16.1. The number of hydrogen-bond donors (Lipinski definition) is 2. The topological polar surface area (TPSA) is 54.0 Å². The molecular weight excluding hydrogens is 286 g/mol. The maximum absolute atomic E-state index is 12.2. The molecule has 1 aromatic rings. The highest BCUT2D eigenvalue weighted by Crippen LogP contribution is 2.51. The van der Waals surface area contributed by atoms with Crippen LogP contribution in [0.15, 0.2) is 12.3 Å². The highest BCUT2D eigenvalue weighted by Gasteiger charge is 2.45. The van der Waals surface area contributed by atoms with Gasteiger partial charge in [0, 0.05) is 19.3 Å². The van der Waals surface area contributed by atoms with Crippen molar-refractivity contribution in [2.75, 3.05) is 18.4 Å². The van der Waals surface area contributed by atoms with Crippen LogP contribution in [0, 0.1) is 11.3 Å². The predicted octanol–water partition coefficient (Wildman–Crippen LogP) is 3.72. The molecule has 0 bridgehead atoms. The molecule has 1 heterocycles. The van der Waals surface area contributed by atoms with Crippen LogP contribution in [0.4, 0.5) is 5.82 Å². The summed E-state index contributed by atoms with van der Waals surface area (Å²) in [6.45, 7) is 8.05. The Balaban J connectivity index is 1.95. The second kappa shape index (κ2) is 6.65. The quantitative estimate of drug-likeness (QED) is 0.807. The summed E-state index contributed by atoms with van der Waals surface area (Å²) in [5.74, 6) is 1.13. The van der Waals surface area contributed by atoms with E-state index in [1.54, 1.807) is 12.3 Å². The Morgan fingerprint density at radius 1 is 1.48 bits per heavy atom. The van der Waals surface area contributed by atoms with Crippen molar-refractivity contribution < 1.29 is 4.79 Å². The molecular formula is C16H24ClN3O. The smallest absolute Gasteiger partial charge is 0.252 e. The monoisotopic (exact) mass is 309 g/mol. The van der Waals surface area contributed by atoms with E-state index < -0.39 is 0 Å². The fourth-order valence-corrected chi connectivity index (χ4v) is 2.65. The molecule has 0 radical (unpaired) electrons. The van der Waals surface area contributed by atoms with Gasteiger partial charge < -0.3 is 10.6 Å². The van der Waals surface area contributed by atoms with Crippen molar-refractivity contribution in [2.24, 2.45) is 11.3 Å². The van der Waals surface area contributed by atoms with Gasteiger partial charge in [0.1, 0.15) is 5.82 Å². The second-order valence-corrected chi connectivity index (χ2v) is 6.59. The van der Waals surface area contributed by atoms with E-state index >= 15 is 0 Å². The second-order valence-electron chi connectivity index (χ2n) is 6.18. The molecule has 1 fully saturated rings. The molecule has 2 N–H and O–H groups in total. The molecule has 0 aromatic carbocycles. The van der Waals surface area contributed by atoms with Crippen molar-refractivity contribution in [3.8, 4) is 0 Å². The molecule has 0 aliphatic heterocycles. The van der Waals surface area contributed by atoms with Gasteiger partial charge in [0.2, 0.25) is 0 Å². The van der Waals surface area contributed by atoms with Gasteiger partial charge in [-0.05, 0) is 36.7 Å². The molecule has 116 valence electrons. The van der Waals surface area contributed by atoms with Crippen molar-refractivity contribution in [2.45, 2.75) is 40.0 Å². The van der Waals surface area contributed by atoms with Crippen molar-refractivity contribution >= 4 is 23.3 Å². The number of hydrogen-bond acceptors (Lipinski definition) is 3. The van der Waals surface area contributed by atoms with Crippen molar-refractivity contribution in [1.82, 2.24) is 10.3 Å². The van der Waals surface area contributed by atoms with Crippen molar-refractivity contribution in [3.63, 3.8) is 0 Å². The lowest BCUT2D eigenvalue weighted by atomic mass is 9.92. The third-order valence-corrected chi connectivity index (χ3v) is 4.65. The minimum atomic E-state index is -0.0987. The summed E-state index contributed by atoms with van der Waals surface area (Å²) in [6, 6.07) is 1.68. The Hall–Kier alpha value is -1.29. The average molecular weight is 310 g/mol. The van der Waals surface area contributed by atoms with Gasteiger partial charge in [-0.15, -0.1) is 0 Å². The standard InChI is InChI=1S/C16H24ClN3O/c1-4-7-18-14-13(17)8-12(9-19-14)15(21)20-10-16(5-6-16)11(2)3/h8-9,11H,4-7,10H2,1-3H3,(H,18,19)(H,20,21). The predicted molar refractivity (Wildman–Crippen MR) is 86.9 cm³/mol. The Morgan fingerprint density at radius 2 is 2.19 bits per heavy atom. The van der Waals surface area contributed by atoms with Gasteiger partial charge >= 0.3 is 0 Å². The van der Waals surface area contributed by atoms with Crippen LogP contribution in [0.1, 0.15) is 50.4 Å². The number of carbonyl (C=O) groups excluding carboxylic acids is 1. The third-order valence-electron chi connectivity index (χ3n) is 4.36. The third kappa shape index (κ3) is 3.88. The Labute approximate surface area is 131 Å². The van der Waals surface area contributed by atoms with Crippen LogP contribution in [-0.4, -0.2) is 24.0 Å². The van der Waals surface area contributed by atoms with Crippen LogP contribution >= 0.6 is 11.6 Å². The molecule has 0 atom stereocenters. The van der Waals surface area contributed by atoms with E-state index in [0.29, 0.717) is 27.7 Å². The molecule has 1 aromatic heterocycles. The SMILES string of the molecule is CCCNc1ncc(C(=O)NCC2(C(C)C)CC2)cc1Cl. The lowest BCUT2D eigenvalue weighted by molar-refractivity contribution is 0.0939. The zero-order valence-electron chi connectivity index (χ0n) is 13.0. The van der Waals surface area contributed by atoms with E-state index in [1.165, 1.54) is 12.8 Å². The largest absolute Gasteiger partial charge is 0.369 e. The fraction of sp³-hybridized carbons (Fsp3) is 0.625. The molecule has 1 saturated carbocycles. The molecule has 1 aliphatic rings. The van der Waals surface area contributed by atoms with E-state index in [1.807, 2.05) is 0 Å². The minimum absolute atomic E-state index is 0.0987. The molecule has 5 heteroatoms. The first-order valence-corrected chi connectivity index (χ1v) is 8.04. The Bertz CT molecular complexity index is 512. The summed E-state index contributed by atoms with van der Waals surface area (Å²) < 4.78 is 0. The van der Waals surface area contributed by atoms with Gasteiger partial charge in [0.25, 0.3) is 5.91 Å². The number of rotatable bonds is 7. The lowest BCUT2D eigenvalue weighted by Gasteiger charge is -2.20. The van der Waals surface area contributed by atoms with E-state index in [9.17, 15) is 4.79 Å². The van der Waals surface area contributed by atoms with E-state index in [4.69, 9.17) is 11.6 Å². The van der Waals surface area contributed by atoms with Gasteiger partial charge in [-0.3, -0.25) is 4.79 Å². The zero-order chi connectivity index (χ0) is 15.5. The van der Waals surface area contributed by atoms with Crippen LogP contribution in [0.5, 0.6) is 0 Å². The number of aromatic nitrogens is 1. The van der Waals surface area contributed by atoms with Crippen molar-refractivity contribution in [3.05, 3.63) is 22.8 Å². The van der Waals surface area contributed by atoms with Gasteiger partial charge in [-0.2, -0.15) is 0 Å². The number of carbonyl (C=O) groups is 1. The number of amides is 1. The van der Waals surface area contributed by atoms with Gasteiger partial charge in [-0.25, -0.2) is 4.98 Å². The highest BCUT2D eigenvalue weighted by molar-refractivity contribution is 6.33. The van der Waals surface area contributed by atoms with Gasteiger partial charge in [0.05, 0.1) is 10.6 Å². The van der Waals surface area contributed by atoms with Crippen LogP contribution in [0.25, 0.3) is 0 Å². The molecule has 1 amide bonds. The minimum Gasteiger partial charge on any atom is -0.369 e. The van der Waals surface area contributed by atoms with Crippen LogP contribution in [0.3, 0.4) is 0 Å². The number of nitrogens with zero attached hydrogens (tertiary/aromatic N) is 1. The first-order chi connectivity index (χ1) is 9.98.